The molecule has 1 amide bonds. The minimum atomic E-state index is -1.39. The van der Waals surface area contributed by atoms with E-state index in [1.807, 2.05) is 19.3 Å². The Bertz CT molecular complexity index is 1120. The molecule has 36 heavy (non-hydrogen) atoms. The van der Waals surface area contributed by atoms with Crippen LogP contribution in [0.3, 0.4) is 0 Å². The molecule has 1 saturated heterocycles. The quantitative estimate of drug-likeness (QED) is 0.248. The van der Waals surface area contributed by atoms with Crippen LogP contribution in [-0.4, -0.2) is 78.4 Å². The third kappa shape index (κ3) is 5.87. The summed E-state index contributed by atoms with van der Waals surface area (Å²) in [5, 5.41) is 23.4. The molecule has 5 rings (SSSR count). The van der Waals surface area contributed by atoms with Gasteiger partial charge in [0.25, 0.3) is 0 Å². The summed E-state index contributed by atoms with van der Waals surface area (Å²) in [5.41, 5.74) is 13.6. The molecule has 9 heteroatoms. The van der Waals surface area contributed by atoms with E-state index in [-0.39, 0.29) is 6.04 Å². The van der Waals surface area contributed by atoms with Gasteiger partial charge in [0.2, 0.25) is 5.79 Å². The summed E-state index contributed by atoms with van der Waals surface area (Å²) in [6, 6.07) is 6.61. The van der Waals surface area contributed by atoms with Gasteiger partial charge in [0.15, 0.2) is 0 Å². The molecule has 192 valence electrons. The van der Waals surface area contributed by atoms with Crippen molar-refractivity contribution in [2.45, 2.75) is 38.1 Å². The minimum Gasteiger partial charge on any atom is -0.418 e. The molecule has 0 saturated carbocycles. The average Bonchev–Trinajstić information content (AvgIpc) is 3.08. The van der Waals surface area contributed by atoms with E-state index in [0.29, 0.717) is 19.1 Å². The Balaban J connectivity index is 0.000000200. The van der Waals surface area contributed by atoms with Gasteiger partial charge in [0.05, 0.1) is 18.4 Å². The van der Waals surface area contributed by atoms with E-state index in [4.69, 9.17) is 15.9 Å². The molecule has 0 radical (unpaired) electrons. The fourth-order valence-electron chi connectivity index (χ4n) is 4.68. The first-order valence-electron chi connectivity index (χ1n) is 12.3. The highest BCUT2D eigenvalue weighted by Gasteiger charge is 2.29. The van der Waals surface area contributed by atoms with E-state index >= 15 is 0 Å². The van der Waals surface area contributed by atoms with E-state index in [1.165, 1.54) is 36.9 Å². The fraction of sp³-hybridized carbons (Fsp3) is 0.407. The molecule has 2 heterocycles. The molecule has 2 aliphatic carbocycles. The molecular formula is C27H36N6O3. The van der Waals surface area contributed by atoms with Crippen molar-refractivity contribution < 1.29 is 14.6 Å². The molecule has 2 bridgehead atoms. The Labute approximate surface area is 212 Å². The lowest BCUT2D eigenvalue weighted by Crippen LogP contribution is -2.48. The fourth-order valence-corrected chi connectivity index (χ4v) is 4.68. The summed E-state index contributed by atoms with van der Waals surface area (Å²) in [5.74, 6) is -1.39. The van der Waals surface area contributed by atoms with Crippen LogP contribution in [0, 0.1) is 5.41 Å². The first-order chi connectivity index (χ1) is 17.2. The van der Waals surface area contributed by atoms with Crippen molar-refractivity contribution in [2.24, 2.45) is 5.73 Å². The van der Waals surface area contributed by atoms with Crippen molar-refractivity contribution in [2.75, 3.05) is 33.2 Å². The van der Waals surface area contributed by atoms with Crippen LogP contribution in [0.2, 0.25) is 0 Å². The van der Waals surface area contributed by atoms with Crippen molar-refractivity contribution in [1.82, 2.24) is 20.4 Å². The number of nitrogens with two attached hydrogens (primary N) is 1. The second-order valence-corrected chi connectivity index (χ2v) is 9.80. The molecule has 2 unspecified atom stereocenters. The van der Waals surface area contributed by atoms with Crippen LogP contribution in [0.4, 0.5) is 4.79 Å². The third-order valence-electron chi connectivity index (χ3n) is 6.56. The van der Waals surface area contributed by atoms with Crippen LogP contribution < -0.4 is 16.4 Å². The highest BCUT2D eigenvalue weighted by atomic mass is 16.7. The van der Waals surface area contributed by atoms with E-state index < -0.39 is 11.9 Å². The average molecular weight is 493 g/mol. The van der Waals surface area contributed by atoms with Gasteiger partial charge in [0.1, 0.15) is 0 Å². The molecular weight excluding hydrogens is 456 g/mol. The zero-order valence-corrected chi connectivity index (χ0v) is 21.1. The molecule has 2 aliphatic heterocycles. The highest BCUT2D eigenvalue weighted by Crippen LogP contribution is 2.36. The number of nitrogens with zero attached hydrogens (tertiary/aromatic N) is 2. The Morgan fingerprint density at radius 2 is 2.06 bits per heavy atom. The first-order valence-corrected chi connectivity index (χ1v) is 12.3. The normalized spacial score (nSPS) is 22.1. The van der Waals surface area contributed by atoms with Gasteiger partial charge in [-0.15, -0.1) is 0 Å². The number of carbonyl (C=O) groups excluding carboxylic acids is 1. The number of ether oxygens (including phenoxy) is 1. The number of allylic oxidation sites excluding steroid dienone is 2. The van der Waals surface area contributed by atoms with Crippen molar-refractivity contribution in [3.8, 4) is 0 Å². The van der Waals surface area contributed by atoms with E-state index in [2.05, 4.69) is 47.1 Å². The SMILES string of the molecule is CC(C)(O)OC(=O)N1CCNCC1.CN(C=N)C1=Cc2ccc3c(c2)C(=CC2=CC=CNC2C3)C1N. The summed E-state index contributed by atoms with van der Waals surface area (Å²) in [6.45, 7) is 5.70. The summed E-state index contributed by atoms with van der Waals surface area (Å²) in [4.78, 5) is 14.7. The number of amides is 1. The topological polar surface area (TPSA) is 127 Å². The second-order valence-electron chi connectivity index (χ2n) is 9.80. The predicted octanol–water partition coefficient (Wildman–Crippen LogP) is 2.02. The van der Waals surface area contributed by atoms with Gasteiger partial charge in [-0.1, -0.05) is 24.3 Å². The Morgan fingerprint density at radius 3 is 2.75 bits per heavy atom. The zero-order chi connectivity index (χ0) is 25.9. The number of benzene rings is 1. The molecule has 2 atom stereocenters. The summed E-state index contributed by atoms with van der Waals surface area (Å²) in [7, 11) is 1.87. The van der Waals surface area contributed by atoms with Crippen LogP contribution in [-0.2, 0) is 11.2 Å². The van der Waals surface area contributed by atoms with Crippen LogP contribution in [0.25, 0.3) is 11.6 Å². The van der Waals surface area contributed by atoms with Crippen LogP contribution in [0.15, 0.2) is 53.9 Å². The van der Waals surface area contributed by atoms with Crippen molar-refractivity contribution in [3.63, 3.8) is 0 Å². The Kier molecular flexibility index (Phi) is 7.63. The lowest BCUT2D eigenvalue weighted by molar-refractivity contribution is -0.139. The maximum Gasteiger partial charge on any atom is 0.412 e. The monoisotopic (exact) mass is 492 g/mol. The first kappa shape index (κ1) is 25.7. The molecule has 6 N–H and O–H groups in total. The second kappa shape index (κ2) is 10.7. The van der Waals surface area contributed by atoms with E-state index in [9.17, 15) is 9.90 Å². The molecule has 0 aromatic heterocycles. The predicted molar refractivity (Wildman–Crippen MR) is 142 cm³/mol. The Hall–Kier alpha value is -3.40. The van der Waals surface area contributed by atoms with Gasteiger partial charge in [0, 0.05) is 52.8 Å². The summed E-state index contributed by atoms with van der Waals surface area (Å²) >= 11 is 0. The molecule has 0 spiro atoms. The standard InChI is InChI=1S/C19H20N4.C8H16N2O3/c1-23(11-20)18-8-12-4-5-13-10-17-14(3-2-6-22-17)9-16(19(18)21)15(13)7-12;1-8(2,12)13-7(11)10-5-3-9-4-6-10/h2-9,11,17,19-20,22H,10,21H2,1H3;9,12H,3-6H2,1-2H3. The minimum absolute atomic E-state index is 0.245. The van der Waals surface area contributed by atoms with E-state index in [0.717, 1.165) is 36.3 Å². The number of rotatable bonds is 3. The van der Waals surface area contributed by atoms with Crippen LogP contribution in [0.5, 0.6) is 0 Å². The summed E-state index contributed by atoms with van der Waals surface area (Å²) < 4.78 is 4.79. The number of aliphatic hydroxyl groups is 1. The van der Waals surface area contributed by atoms with Crippen molar-refractivity contribution >= 4 is 24.1 Å². The maximum atomic E-state index is 11.3. The van der Waals surface area contributed by atoms with Crippen molar-refractivity contribution in [3.05, 3.63) is 70.6 Å². The lowest BCUT2D eigenvalue weighted by atomic mass is 9.94. The van der Waals surface area contributed by atoms with Gasteiger partial charge in [-0.25, -0.2) is 4.79 Å². The van der Waals surface area contributed by atoms with Gasteiger partial charge < -0.3 is 36.0 Å². The highest BCUT2D eigenvalue weighted by molar-refractivity contribution is 5.84. The number of nitrogens with one attached hydrogen (secondary N) is 3. The number of fused-ring (bicyclic) bond motifs is 2. The smallest absolute Gasteiger partial charge is 0.412 e. The largest absolute Gasteiger partial charge is 0.418 e. The van der Waals surface area contributed by atoms with Crippen LogP contribution >= 0.6 is 0 Å². The van der Waals surface area contributed by atoms with Gasteiger partial charge in [-0.2, -0.15) is 0 Å². The summed E-state index contributed by atoms with van der Waals surface area (Å²) in [6.07, 6.45) is 12.3. The van der Waals surface area contributed by atoms with Gasteiger partial charge >= 0.3 is 6.09 Å². The number of piperazine rings is 1. The number of dihydropyridines is 1. The zero-order valence-electron chi connectivity index (χ0n) is 21.1. The van der Waals surface area contributed by atoms with Gasteiger partial charge in [-0.05, 0) is 58.7 Å². The van der Waals surface area contributed by atoms with Crippen LogP contribution in [0.1, 0.15) is 30.5 Å². The maximum absolute atomic E-state index is 11.3. The number of likely N-dealkylation sites (N-methyl/N-ethyl adjacent to an activating group) is 1. The number of hydrogen-bond donors (Lipinski definition) is 5. The number of carbonyl (C=O) groups is 1. The van der Waals surface area contributed by atoms with Crippen molar-refractivity contribution in [1.29, 1.82) is 5.41 Å². The molecule has 9 nitrogen and oxygen atoms in total. The lowest BCUT2D eigenvalue weighted by Gasteiger charge is -2.29. The molecule has 1 aromatic rings. The molecule has 1 fully saturated rings. The third-order valence-corrected chi connectivity index (χ3v) is 6.56. The molecule has 1 aromatic carbocycles. The van der Waals surface area contributed by atoms with Gasteiger partial charge in [-0.3, -0.25) is 5.41 Å². The number of hydrogen-bond acceptors (Lipinski definition) is 7. The molecule has 4 aliphatic rings. The van der Waals surface area contributed by atoms with E-state index in [1.54, 1.807) is 9.80 Å². The Morgan fingerprint density at radius 1 is 1.31 bits per heavy atom.